The largest absolute Gasteiger partial charge is 0.348 e. The number of aryl methyl sites for hydroxylation is 1. The minimum absolute atomic E-state index is 0. The highest BCUT2D eigenvalue weighted by Gasteiger charge is 2.16. The highest BCUT2D eigenvalue weighted by molar-refractivity contribution is 5.98. The maximum absolute atomic E-state index is 12.2. The second kappa shape index (κ2) is 7.42. The molecule has 1 aromatic carbocycles. The molecule has 118 valence electrons. The zero-order valence-corrected chi connectivity index (χ0v) is 13.1. The summed E-state index contributed by atoms with van der Waals surface area (Å²) in [6.45, 7) is 2.46. The highest BCUT2D eigenvalue weighted by Crippen LogP contribution is 2.23. The van der Waals surface area contributed by atoms with Crippen molar-refractivity contribution in [3.05, 3.63) is 41.0 Å². The van der Waals surface area contributed by atoms with E-state index in [9.17, 15) is 9.59 Å². The van der Waals surface area contributed by atoms with E-state index in [2.05, 4.69) is 22.0 Å². The monoisotopic (exact) mass is 321 g/mol. The van der Waals surface area contributed by atoms with Gasteiger partial charge in [0.15, 0.2) is 0 Å². The summed E-state index contributed by atoms with van der Waals surface area (Å²) >= 11 is 0. The van der Waals surface area contributed by atoms with Crippen LogP contribution in [0.15, 0.2) is 29.8 Å². The number of fused-ring (bicyclic) bond motifs is 1. The fourth-order valence-electron chi connectivity index (χ4n) is 2.65. The van der Waals surface area contributed by atoms with E-state index in [-0.39, 0.29) is 24.2 Å². The highest BCUT2D eigenvalue weighted by atomic mass is 35.5. The van der Waals surface area contributed by atoms with E-state index in [1.54, 1.807) is 6.07 Å². The van der Waals surface area contributed by atoms with Crippen molar-refractivity contribution in [2.75, 3.05) is 25.0 Å². The lowest BCUT2D eigenvalue weighted by Gasteiger charge is -2.18. The Morgan fingerprint density at radius 2 is 2.09 bits per heavy atom. The summed E-state index contributed by atoms with van der Waals surface area (Å²) in [5.74, 6) is -0.0216. The number of nitrogens with one attached hydrogen (secondary N) is 3. The van der Waals surface area contributed by atoms with Gasteiger partial charge in [-0.15, -0.1) is 12.4 Å². The van der Waals surface area contributed by atoms with E-state index in [0.29, 0.717) is 24.9 Å². The SMILES string of the molecule is Cl.O=C1CCc2cc(C(=O)NCC3=CCNCC3)ccc2N1. The topological polar surface area (TPSA) is 70.2 Å². The standard InChI is InChI=1S/C16H19N3O2.ClH/c20-15-4-2-12-9-13(1-3-14(12)19-15)16(21)18-10-11-5-7-17-8-6-11;/h1,3,5,9,17H,2,4,6-8,10H2,(H,18,21)(H,19,20);1H. The Hall–Kier alpha value is -1.85. The number of carbonyl (C=O) groups excluding carboxylic acids is 2. The summed E-state index contributed by atoms with van der Waals surface area (Å²) < 4.78 is 0. The lowest BCUT2D eigenvalue weighted by atomic mass is 10.00. The van der Waals surface area contributed by atoms with Gasteiger partial charge < -0.3 is 16.0 Å². The molecule has 3 N–H and O–H groups in total. The molecular formula is C16H20ClN3O2. The zero-order valence-electron chi connectivity index (χ0n) is 12.3. The first kappa shape index (κ1) is 16.5. The van der Waals surface area contributed by atoms with Gasteiger partial charge in [-0.05, 0) is 43.1 Å². The molecule has 0 aromatic heterocycles. The van der Waals surface area contributed by atoms with Crippen LogP contribution in [0.4, 0.5) is 5.69 Å². The molecule has 0 aliphatic carbocycles. The lowest BCUT2D eigenvalue weighted by molar-refractivity contribution is -0.116. The van der Waals surface area contributed by atoms with Crippen LogP contribution >= 0.6 is 12.4 Å². The number of rotatable bonds is 3. The quantitative estimate of drug-likeness (QED) is 0.741. The van der Waals surface area contributed by atoms with Crippen LogP contribution in [0.3, 0.4) is 0 Å². The van der Waals surface area contributed by atoms with Crippen molar-refractivity contribution in [1.82, 2.24) is 10.6 Å². The zero-order chi connectivity index (χ0) is 14.7. The number of halogens is 1. The van der Waals surface area contributed by atoms with E-state index in [0.717, 1.165) is 30.8 Å². The minimum Gasteiger partial charge on any atom is -0.348 e. The first-order chi connectivity index (χ1) is 10.2. The molecule has 2 heterocycles. The summed E-state index contributed by atoms with van der Waals surface area (Å²) in [4.78, 5) is 23.5. The summed E-state index contributed by atoms with van der Waals surface area (Å²) in [6.07, 6.45) is 4.29. The molecule has 2 aliphatic heterocycles. The summed E-state index contributed by atoms with van der Waals surface area (Å²) in [7, 11) is 0. The fourth-order valence-corrected chi connectivity index (χ4v) is 2.65. The molecule has 0 spiro atoms. The van der Waals surface area contributed by atoms with Gasteiger partial charge in [0.2, 0.25) is 5.91 Å². The van der Waals surface area contributed by atoms with E-state index < -0.39 is 0 Å². The predicted octanol–water partition coefficient (Wildman–Crippen LogP) is 1.64. The molecule has 0 atom stereocenters. The van der Waals surface area contributed by atoms with Crippen molar-refractivity contribution >= 4 is 29.9 Å². The van der Waals surface area contributed by atoms with Crippen LogP contribution in [0.1, 0.15) is 28.8 Å². The van der Waals surface area contributed by atoms with Crippen molar-refractivity contribution in [1.29, 1.82) is 0 Å². The number of hydrogen-bond acceptors (Lipinski definition) is 3. The van der Waals surface area contributed by atoms with E-state index >= 15 is 0 Å². The Morgan fingerprint density at radius 1 is 1.23 bits per heavy atom. The van der Waals surface area contributed by atoms with Crippen LogP contribution in [0.2, 0.25) is 0 Å². The number of carbonyl (C=O) groups is 2. The van der Waals surface area contributed by atoms with Crippen molar-refractivity contribution in [3.8, 4) is 0 Å². The van der Waals surface area contributed by atoms with Crippen LogP contribution < -0.4 is 16.0 Å². The first-order valence-corrected chi connectivity index (χ1v) is 7.32. The Morgan fingerprint density at radius 3 is 2.86 bits per heavy atom. The molecular weight excluding hydrogens is 302 g/mol. The van der Waals surface area contributed by atoms with E-state index in [1.165, 1.54) is 5.57 Å². The third-order valence-corrected chi connectivity index (χ3v) is 3.90. The van der Waals surface area contributed by atoms with Gasteiger partial charge in [-0.3, -0.25) is 9.59 Å². The summed E-state index contributed by atoms with van der Waals surface area (Å²) in [5, 5.41) is 9.03. The number of anilines is 1. The number of amides is 2. The second-order valence-electron chi connectivity index (χ2n) is 5.42. The van der Waals surface area contributed by atoms with Gasteiger partial charge in [-0.1, -0.05) is 11.6 Å². The van der Waals surface area contributed by atoms with Crippen molar-refractivity contribution in [2.45, 2.75) is 19.3 Å². The van der Waals surface area contributed by atoms with Crippen molar-refractivity contribution < 1.29 is 9.59 Å². The first-order valence-electron chi connectivity index (χ1n) is 7.32. The third-order valence-electron chi connectivity index (χ3n) is 3.90. The molecule has 0 saturated carbocycles. The van der Waals surface area contributed by atoms with Crippen molar-refractivity contribution in [2.24, 2.45) is 0 Å². The minimum atomic E-state index is -0.0610. The van der Waals surface area contributed by atoms with Gasteiger partial charge in [0.25, 0.3) is 5.91 Å². The Balaban J connectivity index is 0.00000176. The predicted molar refractivity (Wildman–Crippen MR) is 88.5 cm³/mol. The molecule has 2 aliphatic rings. The van der Waals surface area contributed by atoms with Crippen LogP contribution in [0, 0.1) is 0 Å². The molecule has 0 saturated heterocycles. The second-order valence-corrected chi connectivity index (χ2v) is 5.42. The fraction of sp³-hybridized carbons (Fsp3) is 0.375. The molecule has 22 heavy (non-hydrogen) atoms. The van der Waals surface area contributed by atoms with E-state index in [4.69, 9.17) is 0 Å². The average Bonchev–Trinajstić information content (AvgIpc) is 2.53. The molecule has 0 bridgehead atoms. The van der Waals surface area contributed by atoms with E-state index in [1.807, 2.05) is 12.1 Å². The van der Waals surface area contributed by atoms with Crippen LogP contribution in [0.5, 0.6) is 0 Å². The normalized spacial score (nSPS) is 16.7. The summed E-state index contributed by atoms with van der Waals surface area (Å²) in [6, 6.07) is 5.45. The van der Waals surface area contributed by atoms with Gasteiger partial charge in [0.05, 0.1) is 0 Å². The third kappa shape index (κ3) is 3.87. The molecule has 0 radical (unpaired) electrons. The molecule has 5 nitrogen and oxygen atoms in total. The van der Waals surface area contributed by atoms with Gasteiger partial charge in [0.1, 0.15) is 0 Å². The Kier molecular flexibility index (Phi) is 5.57. The van der Waals surface area contributed by atoms with Crippen LogP contribution in [0.25, 0.3) is 0 Å². The molecule has 3 rings (SSSR count). The number of hydrogen-bond donors (Lipinski definition) is 3. The van der Waals surface area contributed by atoms with Gasteiger partial charge in [-0.25, -0.2) is 0 Å². The molecule has 6 heteroatoms. The molecule has 2 amide bonds. The number of benzene rings is 1. The Bertz CT molecular complexity index is 613. The lowest BCUT2D eigenvalue weighted by Crippen LogP contribution is -2.29. The molecule has 0 unspecified atom stereocenters. The van der Waals surface area contributed by atoms with Crippen LogP contribution in [-0.4, -0.2) is 31.4 Å². The van der Waals surface area contributed by atoms with Gasteiger partial charge in [-0.2, -0.15) is 0 Å². The smallest absolute Gasteiger partial charge is 0.251 e. The van der Waals surface area contributed by atoms with Crippen molar-refractivity contribution in [3.63, 3.8) is 0 Å². The summed E-state index contributed by atoms with van der Waals surface area (Å²) in [5.41, 5.74) is 3.78. The Labute approximate surface area is 136 Å². The average molecular weight is 322 g/mol. The van der Waals surface area contributed by atoms with Crippen LogP contribution in [-0.2, 0) is 11.2 Å². The van der Waals surface area contributed by atoms with Gasteiger partial charge >= 0.3 is 0 Å². The molecule has 1 aromatic rings. The van der Waals surface area contributed by atoms with Gasteiger partial charge in [0, 0.05) is 30.8 Å². The molecule has 0 fully saturated rings. The maximum atomic E-state index is 12.2. The maximum Gasteiger partial charge on any atom is 0.251 e.